The van der Waals surface area contributed by atoms with Gasteiger partial charge in [0.05, 0.1) is 12.6 Å². The zero-order valence-electron chi connectivity index (χ0n) is 15.7. The zero-order valence-corrected chi connectivity index (χ0v) is 15.7. The summed E-state index contributed by atoms with van der Waals surface area (Å²) in [6, 6.07) is 0.164. The highest BCUT2D eigenvalue weighted by Gasteiger charge is 2.50. The van der Waals surface area contributed by atoms with E-state index in [9.17, 15) is 8.78 Å². The molecule has 0 amide bonds. The van der Waals surface area contributed by atoms with Crippen molar-refractivity contribution < 1.29 is 8.78 Å². The van der Waals surface area contributed by atoms with E-state index < -0.39 is 12.0 Å². The summed E-state index contributed by atoms with van der Waals surface area (Å²) in [6.07, 6.45) is 6.13. The van der Waals surface area contributed by atoms with Crippen LogP contribution in [0.5, 0.6) is 0 Å². The fourth-order valence-corrected chi connectivity index (χ4v) is 5.00. The minimum atomic E-state index is -2.58. The van der Waals surface area contributed by atoms with Crippen molar-refractivity contribution in [2.24, 2.45) is 5.92 Å². The second kappa shape index (κ2) is 7.55. The van der Waals surface area contributed by atoms with Gasteiger partial charge in [0, 0.05) is 18.6 Å². The summed E-state index contributed by atoms with van der Waals surface area (Å²) in [5.41, 5.74) is 0. The third-order valence-electron chi connectivity index (χ3n) is 6.97. The fourth-order valence-electron chi connectivity index (χ4n) is 5.00. The molecule has 24 heavy (non-hydrogen) atoms. The average Bonchev–Trinajstić information content (AvgIpc) is 2.53. The lowest BCUT2D eigenvalue weighted by atomic mass is 9.77. The van der Waals surface area contributed by atoms with E-state index in [0.29, 0.717) is 18.5 Å². The van der Waals surface area contributed by atoms with Crippen LogP contribution in [0.15, 0.2) is 0 Å². The summed E-state index contributed by atoms with van der Waals surface area (Å²) in [6.45, 7) is 8.38. The van der Waals surface area contributed by atoms with Crippen molar-refractivity contribution in [2.75, 3.05) is 39.8 Å². The van der Waals surface area contributed by atoms with Gasteiger partial charge in [-0.2, -0.15) is 0 Å². The van der Waals surface area contributed by atoms with E-state index in [1.165, 1.54) is 6.42 Å². The third-order valence-corrected chi connectivity index (χ3v) is 6.97. The Morgan fingerprint density at radius 1 is 1.04 bits per heavy atom. The standard InChI is InChI=1S/C19H35F2N3/c1-4-15-12-17(13-15)24-11-8-18(19(20,21)14-24)22(3)16-6-9-23(5-2)10-7-16/h15-18H,4-14H2,1-3H3. The second-order valence-electron chi connectivity index (χ2n) is 8.27. The molecule has 3 nitrogen and oxygen atoms in total. The summed E-state index contributed by atoms with van der Waals surface area (Å²) >= 11 is 0. The van der Waals surface area contributed by atoms with E-state index in [0.717, 1.165) is 57.8 Å². The Morgan fingerprint density at radius 3 is 2.25 bits per heavy atom. The van der Waals surface area contributed by atoms with Crippen molar-refractivity contribution in [3.63, 3.8) is 0 Å². The molecule has 0 aromatic carbocycles. The maximum Gasteiger partial charge on any atom is 0.275 e. The van der Waals surface area contributed by atoms with Gasteiger partial charge in [-0.1, -0.05) is 20.3 Å². The number of likely N-dealkylation sites (tertiary alicyclic amines) is 2. The molecule has 3 rings (SSSR count). The van der Waals surface area contributed by atoms with Gasteiger partial charge in [-0.15, -0.1) is 0 Å². The Labute approximate surface area is 146 Å². The smallest absolute Gasteiger partial charge is 0.275 e. The van der Waals surface area contributed by atoms with Gasteiger partial charge in [0.1, 0.15) is 0 Å². The molecule has 1 unspecified atom stereocenters. The van der Waals surface area contributed by atoms with Crippen LogP contribution in [-0.4, -0.2) is 78.5 Å². The van der Waals surface area contributed by atoms with Crippen molar-refractivity contribution in [3.05, 3.63) is 0 Å². The molecular formula is C19H35F2N3. The molecule has 5 heteroatoms. The van der Waals surface area contributed by atoms with Crippen molar-refractivity contribution in [3.8, 4) is 0 Å². The molecule has 2 saturated heterocycles. The Kier molecular flexibility index (Phi) is 5.83. The van der Waals surface area contributed by atoms with E-state index in [4.69, 9.17) is 0 Å². The van der Waals surface area contributed by atoms with Crippen molar-refractivity contribution >= 4 is 0 Å². The van der Waals surface area contributed by atoms with Crippen molar-refractivity contribution in [2.45, 2.75) is 76.4 Å². The van der Waals surface area contributed by atoms with Crippen LogP contribution in [0.1, 0.15) is 52.4 Å². The molecule has 2 heterocycles. The number of halogens is 2. The van der Waals surface area contributed by atoms with Crippen LogP contribution in [0.25, 0.3) is 0 Å². The highest BCUT2D eigenvalue weighted by atomic mass is 19.3. The molecule has 0 aromatic rings. The highest BCUT2D eigenvalue weighted by molar-refractivity contribution is 4.98. The topological polar surface area (TPSA) is 9.72 Å². The van der Waals surface area contributed by atoms with Gasteiger partial charge in [0.15, 0.2) is 0 Å². The molecule has 0 spiro atoms. The van der Waals surface area contributed by atoms with Crippen LogP contribution in [0.4, 0.5) is 8.78 Å². The number of nitrogens with zero attached hydrogens (tertiary/aromatic N) is 3. The van der Waals surface area contributed by atoms with Crippen LogP contribution >= 0.6 is 0 Å². The molecule has 0 aromatic heterocycles. The minimum absolute atomic E-state index is 0.0308. The first-order chi connectivity index (χ1) is 11.4. The Morgan fingerprint density at radius 2 is 1.71 bits per heavy atom. The first-order valence-corrected chi connectivity index (χ1v) is 10.0. The quantitative estimate of drug-likeness (QED) is 0.758. The molecule has 0 bridgehead atoms. The van der Waals surface area contributed by atoms with Crippen LogP contribution < -0.4 is 0 Å². The highest BCUT2D eigenvalue weighted by Crippen LogP contribution is 2.39. The van der Waals surface area contributed by atoms with Gasteiger partial charge < -0.3 is 4.90 Å². The Balaban J connectivity index is 1.53. The largest absolute Gasteiger partial charge is 0.303 e. The second-order valence-corrected chi connectivity index (χ2v) is 8.27. The lowest BCUT2D eigenvalue weighted by Gasteiger charge is -2.51. The van der Waals surface area contributed by atoms with Gasteiger partial charge in [-0.05, 0) is 64.7 Å². The molecule has 2 aliphatic heterocycles. The lowest BCUT2D eigenvalue weighted by molar-refractivity contribution is -0.147. The van der Waals surface area contributed by atoms with Crippen LogP contribution in [0, 0.1) is 5.92 Å². The fraction of sp³-hybridized carbons (Fsp3) is 1.00. The maximum absolute atomic E-state index is 14.9. The molecule has 140 valence electrons. The number of piperidine rings is 2. The normalized spacial score (nSPS) is 36.0. The first kappa shape index (κ1) is 18.5. The number of hydrogen-bond acceptors (Lipinski definition) is 3. The summed E-state index contributed by atoms with van der Waals surface area (Å²) in [5, 5.41) is 0. The number of rotatable bonds is 5. The SMILES string of the molecule is CCC1CC(N2CCC(N(C)C3CCN(CC)CC3)C(F)(F)C2)C1. The lowest BCUT2D eigenvalue weighted by Crippen LogP contribution is -2.63. The van der Waals surface area contributed by atoms with E-state index in [2.05, 4.69) is 23.6 Å². The predicted molar refractivity (Wildman–Crippen MR) is 94.6 cm³/mol. The predicted octanol–water partition coefficient (Wildman–Crippen LogP) is 3.30. The molecule has 0 radical (unpaired) electrons. The summed E-state index contributed by atoms with van der Waals surface area (Å²) in [7, 11) is 1.94. The molecule has 1 atom stereocenters. The van der Waals surface area contributed by atoms with E-state index in [1.54, 1.807) is 0 Å². The average molecular weight is 344 g/mol. The van der Waals surface area contributed by atoms with E-state index in [-0.39, 0.29) is 6.54 Å². The van der Waals surface area contributed by atoms with Crippen LogP contribution in [-0.2, 0) is 0 Å². The van der Waals surface area contributed by atoms with E-state index in [1.807, 2.05) is 11.9 Å². The first-order valence-electron chi connectivity index (χ1n) is 10.0. The van der Waals surface area contributed by atoms with Gasteiger partial charge >= 0.3 is 0 Å². The molecule has 0 N–H and O–H groups in total. The van der Waals surface area contributed by atoms with Crippen LogP contribution in [0.3, 0.4) is 0 Å². The molecule has 3 aliphatic rings. The van der Waals surface area contributed by atoms with Gasteiger partial charge in [0.2, 0.25) is 0 Å². The molecule has 1 saturated carbocycles. The van der Waals surface area contributed by atoms with Gasteiger partial charge in [0.25, 0.3) is 5.92 Å². The summed E-state index contributed by atoms with van der Waals surface area (Å²) < 4.78 is 29.7. The van der Waals surface area contributed by atoms with E-state index >= 15 is 0 Å². The number of alkyl halides is 2. The van der Waals surface area contributed by atoms with Gasteiger partial charge in [-0.25, -0.2) is 8.78 Å². The van der Waals surface area contributed by atoms with Crippen molar-refractivity contribution in [1.29, 1.82) is 0 Å². The van der Waals surface area contributed by atoms with Crippen LogP contribution in [0.2, 0.25) is 0 Å². The third kappa shape index (κ3) is 3.78. The molecular weight excluding hydrogens is 308 g/mol. The molecule has 1 aliphatic carbocycles. The zero-order chi connectivity index (χ0) is 17.3. The number of hydrogen-bond donors (Lipinski definition) is 0. The van der Waals surface area contributed by atoms with Crippen molar-refractivity contribution in [1.82, 2.24) is 14.7 Å². The summed E-state index contributed by atoms with van der Waals surface area (Å²) in [5.74, 6) is -1.81. The minimum Gasteiger partial charge on any atom is -0.303 e. The summed E-state index contributed by atoms with van der Waals surface area (Å²) in [4.78, 5) is 6.53. The maximum atomic E-state index is 14.9. The molecule has 3 fully saturated rings. The monoisotopic (exact) mass is 343 g/mol. The Bertz CT molecular complexity index is 403. The Hall–Kier alpha value is -0.260. The van der Waals surface area contributed by atoms with Gasteiger partial charge in [-0.3, -0.25) is 9.80 Å².